The number of nitrogens with zero attached hydrogens (tertiary/aromatic N) is 1. The largest absolute Gasteiger partial charge is 0.505 e. The van der Waals surface area contributed by atoms with Crippen molar-refractivity contribution in [3.05, 3.63) is 63.1 Å². The van der Waals surface area contributed by atoms with Gasteiger partial charge in [0.2, 0.25) is 0 Å². The first-order chi connectivity index (χ1) is 12.3. The van der Waals surface area contributed by atoms with Crippen molar-refractivity contribution in [2.45, 2.75) is 6.92 Å². The van der Waals surface area contributed by atoms with Gasteiger partial charge in [0.15, 0.2) is 5.75 Å². The van der Waals surface area contributed by atoms with Gasteiger partial charge in [0.25, 0.3) is 11.8 Å². The Balaban J connectivity index is 2.07. The minimum atomic E-state index is -0.829. The van der Waals surface area contributed by atoms with E-state index in [9.17, 15) is 19.5 Å². The summed E-state index contributed by atoms with van der Waals surface area (Å²) in [5.74, 6) is -1.90. The molecule has 1 aliphatic heterocycles. The lowest BCUT2D eigenvalue weighted by atomic mass is 10.1. The molecular formula is C18H12Cl2N2O4. The van der Waals surface area contributed by atoms with E-state index in [1.54, 1.807) is 31.2 Å². The molecule has 26 heavy (non-hydrogen) atoms. The van der Waals surface area contributed by atoms with Crippen LogP contribution in [0.4, 0.5) is 10.5 Å². The molecule has 6 nitrogen and oxygen atoms in total. The summed E-state index contributed by atoms with van der Waals surface area (Å²) < 4.78 is 0. The number of barbiturate groups is 1. The fourth-order valence-corrected chi connectivity index (χ4v) is 3.03. The SMILES string of the molecule is Cc1ccccc1N1C(=O)NC(=O)/C(=C\c2cc(Cl)c(O)c(Cl)c2)C1=O. The van der Waals surface area contributed by atoms with Crippen molar-refractivity contribution in [1.82, 2.24) is 5.32 Å². The highest BCUT2D eigenvalue weighted by atomic mass is 35.5. The Hall–Kier alpha value is -2.83. The molecule has 1 fully saturated rings. The Labute approximate surface area is 158 Å². The zero-order chi connectivity index (χ0) is 19.0. The van der Waals surface area contributed by atoms with Crippen LogP contribution in [0.2, 0.25) is 10.0 Å². The maximum atomic E-state index is 12.8. The average Bonchev–Trinajstić information content (AvgIpc) is 2.58. The number of phenolic OH excluding ortho intramolecular Hbond substituents is 1. The molecule has 0 atom stereocenters. The van der Waals surface area contributed by atoms with E-state index in [4.69, 9.17) is 23.2 Å². The molecule has 0 radical (unpaired) electrons. The standard InChI is InChI=1S/C18H12Cl2N2O4/c1-9-4-2-3-5-14(9)22-17(25)11(16(24)21-18(22)26)6-10-7-12(19)15(23)13(20)8-10/h2-8,23H,1H3,(H,21,24,26)/b11-6+. The number of para-hydroxylation sites is 1. The number of aryl methyl sites for hydroxylation is 1. The van der Waals surface area contributed by atoms with Gasteiger partial charge < -0.3 is 5.11 Å². The van der Waals surface area contributed by atoms with Crippen LogP contribution in [0.3, 0.4) is 0 Å². The van der Waals surface area contributed by atoms with E-state index in [0.717, 1.165) is 4.90 Å². The van der Waals surface area contributed by atoms with E-state index < -0.39 is 17.8 Å². The predicted molar refractivity (Wildman–Crippen MR) is 98.3 cm³/mol. The minimum absolute atomic E-state index is 0.0279. The molecule has 1 heterocycles. The normalized spacial score (nSPS) is 16.2. The number of aromatic hydroxyl groups is 1. The van der Waals surface area contributed by atoms with Crippen molar-refractivity contribution >= 4 is 52.8 Å². The number of carbonyl (C=O) groups is 3. The summed E-state index contributed by atoms with van der Waals surface area (Å²) in [6, 6.07) is 8.68. The molecule has 1 saturated heterocycles. The Bertz CT molecular complexity index is 962. The summed E-state index contributed by atoms with van der Waals surface area (Å²) in [5, 5.41) is 11.7. The third-order valence-electron chi connectivity index (χ3n) is 3.81. The number of hydrogen-bond donors (Lipinski definition) is 2. The lowest BCUT2D eigenvalue weighted by Gasteiger charge is -2.27. The number of anilines is 1. The number of rotatable bonds is 2. The number of phenols is 1. The molecule has 0 aliphatic carbocycles. The maximum Gasteiger partial charge on any atom is 0.335 e. The molecule has 2 aromatic rings. The summed E-state index contributed by atoms with van der Waals surface area (Å²) in [6.45, 7) is 1.75. The van der Waals surface area contributed by atoms with Gasteiger partial charge in [0.1, 0.15) is 5.57 Å². The molecule has 0 aromatic heterocycles. The van der Waals surface area contributed by atoms with Gasteiger partial charge in [0.05, 0.1) is 15.7 Å². The monoisotopic (exact) mass is 390 g/mol. The minimum Gasteiger partial charge on any atom is -0.505 e. The van der Waals surface area contributed by atoms with Crippen LogP contribution in [0.5, 0.6) is 5.75 Å². The van der Waals surface area contributed by atoms with Gasteiger partial charge in [-0.1, -0.05) is 41.4 Å². The highest BCUT2D eigenvalue weighted by molar-refractivity contribution is 6.40. The van der Waals surface area contributed by atoms with Crippen molar-refractivity contribution in [1.29, 1.82) is 0 Å². The Kier molecular flexibility index (Phi) is 4.71. The molecule has 2 aromatic carbocycles. The summed E-state index contributed by atoms with van der Waals surface area (Å²) in [6.07, 6.45) is 1.26. The van der Waals surface area contributed by atoms with E-state index in [-0.39, 0.29) is 21.4 Å². The molecular weight excluding hydrogens is 379 g/mol. The maximum absolute atomic E-state index is 12.8. The third-order valence-corrected chi connectivity index (χ3v) is 4.38. The first-order valence-corrected chi connectivity index (χ1v) is 8.20. The number of imide groups is 2. The zero-order valence-electron chi connectivity index (χ0n) is 13.4. The van der Waals surface area contributed by atoms with Crippen molar-refractivity contribution in [2.75, 3.05) is 4.90 Å². The van der Waals surface area contributed by atoms with E-state index in [0.29, 0.717) is 16.8 Å². The summed E-state index contributed by atoms with van der Waals surface area (Å²) >= 11 is 11.7. The lowest BCUT2D eigenvalue weighted by molar-refractivity contribution is -0.122. The van der Waals surface area contributed by atoms with Gasteiger partial charge in [-0.15, -0.1) is 0 Å². The van der Waals surface area contributed by atoms with Gasteiger partial charge in [-0.3, -0.25) is 14.9 Å². The van der Waals surface area contributed by atoms with Gasteiger partial charge >= 0.3 is 6.03 Å². The smallest absolute Gasteiger partial charge is 0.335 e. The van der Waals surface area contributed by atoms with Crippen LogP contribution in [-0.4, -0.2) is 23.0 Å². The van der Waals surface area contributed by atoms with Crippen molar-refractivity contribution in [3.63, 3.8) is 0 Å². The number of hydrogen-bond acceptors (Lipinski definition) is 4. The van der Waals surface area contributed by atoms with Crippen LogP contribution >= 0.6 is 23.2 Å². The first kappa shape index (κ1) is 18.0. The molecule has 0 bridgehead atoms. The van der Waals surface area contributed by atoms with E-state index in [2.05, 4.69) is 5.32 Å². The fraction of sp³-hybridized carbons (Fsp3) is 0.0556. The van der Waals surface area contributed by atoms with Gasteiger partial charge in [0, 0.05) is 0 Å². The van der Waals surface area contributed by atoms with Crippen molar-refractivity contribution < 1.29 is 19.5 Å². The molecule has 0 saturated carbocycles. The number of nitrogens with one attached hydrogen (secondary N) is 1. The average molecular weight is 391 g/mol. The first-order valence-electron chi connectivity index (χ1n) is 7.44. The second-order valence-corrected chi connectivity index (χ2v) is 6.39. The second-order valence-electron chi connectivity index (χ2n) is 5.58. The van der Waals surface area contributed by atoms with Gasteiger partial charge in [-0.05, 0) is 42.3 Å². The van der Waals surface area contributed by atoms with E-state index in [1.165, 1.54) is 18.2 Å². The van der Waals surface area contributed by atoms with Gasteiger partial charge in [-0.2, -0.15) is 0 Å². The van der Waals surface area contributed by atoms with Crippen LogP contribution in [-0.2, 0) is 9.59 Å². The highest BCUT2D eigenvalue weighted by Gasteiger charge is 2.37. The molecule has 0 spiro atoms. The highest BCUT2D eigenvalue weighted by Crippen LogP contribution is 2.34. The van der Waals surface area contributed by atoms with E-state index in [1.807, 2.05) is 0 Å². The number of benzene rings is 2. The number of carbonyl (C=O) groups excluding carboxylic acids is 3. The van der Waals surface area contributed by atoms with Gasteiger partial charge in [-0.25, -0.2) is 9.69 Å². The molecule has 0 unspecified atom stereocenters. The Morgan fingerprint density at radius 1 is 1.08 bits per heavy atom. The molecule has 132 valence electrons. The number of urea groups is 1. The predicted octanol–water partition coefficient (Wildman–Crippen LogP) is 3.67. The molecule has 1 aliphatic rings. The summed E-state index contributed by atoms with van der Waals surface area (Å²) in [5.41, 5.74) is 1.14. The topological polar surface area (TPSA) is 86.7 Å². The zero-order valence-corrected chi connectivity index (χ0v) is 14.9. The van der Waals surface area contributed by atoms with Crippen LogP contribution in [0.15, 0.2) is 42.0 Å². The number of amides is 4. The van der Waals surface area contributed by atoms with Crippen molar-refractivity contribution in [2.24, 2.45) is 0 Å². The lowest BCUT2D eigenvalue weighted by Crippen LogP contribution is -2.54. The fourth-order valence-electron chi connectivity index (χ4n) is 2.53. The van der Waals surface area contributed by atoms with E-state index >= 15 is 0 Å². The van der Waals surface area contributed by atoms with Crippen LogP contribution in [0.25, 0.3) is 6.08 Å². The second kappa shape index (κ2) is 6.82. The van der Waals surface area contributed by atoms with Crippen molar-refractivity contribution in [3.8, 4) is 5.75 Å². The quantitative estimate of drug-likeness (QED) is 0.604. The molecule has 2 N–H and O–H groups in total. The van der Waals surface area contributed by atoms with Crippen LogP contribution in [0, 0.1) is 6.92 Å². The Morgan fingerprint density at radius 3 is 2.31 bits per heavy atom. The summed E-state index contributed by atoms with van der Waals surface area (Å²) in [4.78, 5) is 38.0. The van der Waals surface area contributed by atoms with Crippen LogP contribution in [0.1, 0.15) is 11.1 Å². The number of halogens is 2. The molecule has 4 amide bonds. The third kappa shape index (κ3) is 3.16. The molecule has 8 heteroatoms. The molecule has 3 rings (SSSR count). The Morgan fingerprint density at radius 2 is 1.69 bits per heavy atom. The van der Waals surface area contributed by atoms with Crippen LogP contribution < -0.4 is 10.2 Å². The summed E-state index contributed by atoms with van der Waals surface area (Å²) in [7, 11) is 0.